The van der Waals surface area contributed by atoms with E-state index in [-0.39, 0.29) is 10.6 Å². The fourth-order valence-corrected chi connectivity index (χ4v) is 4.82. The lowest BCUT2D eigenvalue weighted by molar-refractivity contribution is -0.385. The second-order valence-corrected chi connectivity index (χ2v) is 8.51. The Kier molecular flexibility index (Phi) is 5.68. The van der Waals surface area contributed by atoms with Crippen LogP contribution in [-0.4, -0.2) is 34.5 Å². The molecule has 0 aliphatic carbocycles. The van der Waals surface area contributed by atoms with Crippen molar-refractivity contribution in [2.75, 3.05) is 19.7 Å². The smallest absolute Gasteiger partial charge is 0.311 e. The quantitative estimate of drug-likeness (QED) is 0.204. The van der Waals surface area contributed by atoms with Gasteiger partial charge in [0.2, 0.25) is 0 Å². The highest BCUT2D eigenvalue weighted by Crippen LogP contribution is 2.39. The van der Waals surface area contributed by atoms with Gasteiger partial charge in [0.25, 0.3) is 0 Å². The molecule has 4 aromatic rings. The van der Waals surface area contributed by atoms with Crippen molar-refractivity contribution in [2.24, 2.45) is 0 Å². The van der Waals surface area contributed by atoms with Crippen LogP contribution in [0.4, 0.5) is 5.69 Å². The SMILES string of the molecule is CCCOc1ccc(-c2nc3ccc4ccccc4c3c3c2CN(CC)CC3)cc1[N+](=O)[O-]. The van der Waals surface area contributed by atoms with Gasteiger partial charge in [-0.2, -0.15) is 0 Å². The second-order valence-electron chi connectivity index (χ2n) is 8.51. The number of nitro benzene ring substituents is 1. The van der Waals surface area contributed by atoms with Gasteiger partial charge in [-0.3, -0.25) is 15.0 Å². The molecule has 1 aromatic heterocycles. The van der Waals surface area contributed by atoms with Crippen molar-refractivity contribution in [3.05, 3.63) is 75.8 Å². The largest absolute Gasteiger partial charge is 0.487 e. The predicted octanol–water partition coefficient (Wildman–Crippen LogP) is 6.13. The molecule has 0 N–H and O–H groups in total. The maximum absolute atomic E-state index is 11.8. The fourth-order valence-electron chi connectivity index (χ4n) is 4.82. The van der Waals surface area contributed by atoms with Crippen molar-refractivity contribution in [2.45, 2.75) is 33.2 Å². The zero-order valence-electron chi connectivity index (χ0n) is 19.0. The molecular formula is C27H27N3O3. The first-order chi connectivity index (χ1) is 16.1. The molecule has 6 nitrogen and oxygen atoms in total. The van der Waals surface area contributed by atoms with Gasteiger partial charge in [-0.05, 0) is 59.5 Å². The van der Waals surface area contributed by atoms with Gasteiger partial charge in [-0.1, -0.05) is 44.2 Å². The van der Waals surface area contributed by atoms with Gasteiger partial charge < -0.3 is 4.74 Å². The summed E-state index contributed by atoms with van der Waals surface area (Å²) in [6.07, 6.45) is 1.72. The Morgan fingerprint density at radius 2 is 1.94 bits per heavy atom. The van der Waals surface area contributed by atoms with Crippen LogP contribution in [0.2, 0.25) is 0 Å². The van der Waals surface area contributed by atoms with E-state index in [0.29, 0.717) is 12.4 Å². The Hall–Kier alpha value is -3.51. The molecule has 168 valence electrons. The number of pyridine rings is 1. The first-order valence-corrected chi connectivity index (χ1v) is 11.6. The second kappa shape index (κ2) is 8.79. The van der Waals surface area contributed by atoms with Crippen LogP contribution in [-0.2, 0) is 13.0 Å². The van der Waals surface area contributed by atoms with Crippen molar-refractivity contribution >= 4 is 27.4 Å². The summed E-state index contributed by atoms with van der Waals surface area (Å²) < 4.78 is 5.63. The lowest BCUT2D eigenvalue weighted by atomic mass is 9.89. The van der Waals surface area contributed by atoms with E-state index in [0.717, 1.165) is 49.2 Å². The minimum Gasteiger partial charge on any atom is -0.487 e. The zero-order valence-corrected chi connectivity index (χ0v) is 19.0. The average Bonchev–Trinajstić information content (AvgIpc) is 2.86. The molecule has 0 spiro atoms. The summed E-state index contributed by atoms with van der Waals surface area (Å²) in [5, 5.41) is 15.4. The van der Waals surface area contributed by atoms with E-state index in [1.165, 1.54) is 27.3 Å². The molecule has 1 aliphatic heterocycles. The monoisotopic (exact) mass is 441 g/mol. The summed E-state index contributed by atoms with van der Waals surface area (Å²) in [6, 6.07) is 17.8. The summed E-state index contributed by atoms with van der Waals surface area (Å²) >= 11 is 0. The zero-order chi connectivity index (χ0) is 22.9. The lowest BCUT2D eigenvalue weighted by Gasteiger charge is -2.30. The number of aromatic nitrogens is 1. The number of fused-ring (bicyclic) bond motifs is 5. The summed E-state index contributed by atoms with van der Waals surface area (Å²) in [6.45, 7) is 7.33. The first-order valence-electron chi connectivity index (χ1n) is 11.6. The molecule has 0 bridgehead atoms. The van der Waals surface area contributed by atoms with Gasteiger partial charge in [0.15, 0.2) is 5.75 Å². The highest BCUT2D eigenvalue weighted by Gasteiger charge is 2.25. The number of likely N-dealkylation sites (N-methyl/N-ethyl adjacent to an activating group) is 1. The minimum absolute atomic E-state index is 0.0155. The van der Waals surface area contributed by atoms with Crippen LogP contribution in [0.3, 0.4) is 0 Å². The Morgan fingerprint density at radius 1 is 1.09 bits per heavy atom. The minimum atomic E-state index is -0.367. The van der Waals surface area contributed by atoms with E-state index in [9.17, 15) is 10.1 Å². The van der Waals surface area contributed by atoms with Crippen molar-refractivity contribution in [3.8, 4) is 17.0 Å². The summed E-state index contributed by atoms with van der Waals surface area (Å²) in [4.78, 5) is 18.9. The molecule has 5 rings (SSSR count). The van der Waals surface area contributed by atoms with Gasteiger partial charge in [0.05, 0.1) is 22.7 Å². The number of benzene rings is 3. The van der Waals surface area contributed by atoms with Crippen LogP contribution in [0, 0.1) is 10.1 Å². The molecule has 1 aliphatic rings. The Labute approximate surface area is 193 Å². The fraction of sp³-hybridized carbons (Fsp3) is 0.296. The number of nitrogens with zero attached hydrogens (tertiary/aromatic N) is 3. The molecule has 33 heavy (non-hydrogen) atoms. The van der Waals surface area contributed by atoms with E-state index in [1.54, 1.807) is 12.1 Å². The molecule has 3 aromatic carbocycles. The first kappa shape index (κ1) is 21.3. The van der Waals surface area contributed by atoms with Crippen molar-refractivity contribution in [1.82, 2.24) is 9.88 Å². The summed E-state index contributed by atoms with van der Waals surface area (Å²) in [5.74, 6) is 0.307. The number of hydrogen-bond donors (Lipinski definition) is 0. The Balaban J connectivity index is 1.76. The number of ether oxygens (including phenoxy) is 1. The van der Waals surface area contributed by atoms with Gasteiger partial charge in [0.1, 0.15) is 0 Å². The third kappa shape index (κ3) is 3.80. The van der Waals surface area contributed by atoms with Crippen LogP contribution in [0.5, 0.6) is 5.75 Å². The van der Waals surface area contributed by atoms with Gasteiger partial charge in [0, 0.05) is 30.1 Å². The third-order valence-corrected chi connectivity index (χ3v) is 6.49. The number of nitro groups is 1. The van der Waals surface area contributed by atoms with Crippen LogP contribution in [0.25, 0.3) is 32.9 Å². The summed E-state index contributed by atoms with van der Waals surface area (Å²) in [5.41, 5.74) is 4.99. The normalized spacial score (nSPS) is 13.9. The van der Waals surface area contributed by atoms with Crippen molar-refractivity contribution in [1.29, 1.82) is 0 Å². The molecule has 2 heterocycles. The lowest BCUT2D eigenvalue weighted by Crippen LogP contribution is -2.31. The van der Waals surface area contributed by atoms with Gasteiger partial charge in [-0.15, -0.1) is 0 Å². The molecule has 0 unspecified atom stereocenters. The number of rotatable bonds is 6. The van der Waals surface area contributed by atoms with E-state index < -0.39 is 0 Å². The van der Waals surface area contributed by atoms with Gasteiger partial charge in [-0.25, -0.2) is 4.98 Å². The molecule has 0 atom stereocenters. The standard InChI is InChI=1S/C27H27N3O3/c1-3-15-33-25-12-10-19(16-24(25)30(31)32)27-22-17-29(4-2)14-13-21(22)26-20-8-6-5-7-18(20)9-11-23(26)28-27/h5-12,16H,3-4,13-15,17H2,1-2H3. The molecule has 0 saturated heterocycles. The van der Waals surface area contributed by atoms with Crippen LogP contribution in [0.1, 0.15) is 31.4 Å². The van der Waals surface area contributed by atoms with E-state index in [4.69, 9.17) is 9.72 Å². The molecular weight excluding hydrogens is 414 g/mol. The van der Waals surface area contributed by atoms with E-state index in [2.05, 4.69) is 48.2 Å². The topological polar surface area (TPSA) is 68.5 Å². The van der Waals surface area contributed by atoms with E-state index >= 15 is 0 Å². The van der Waals surface area contributed by atoms with Gasteiger partial charge >= 0.3 is 5.69 Å². The molecule has 0 fully saturated rings. The van der Waals surface area contributed by atoms with Crippen LogP contribution < -0.4 is 4.74 Å². The Bertz CT molecular complexity index is 1370. The molecule has 6 heteroatoms. The molecule has 0 saturated carbocycles. The van der Waals surface area contributed by atoms with Crippen molar-refractivity contribution in [3.63, 3.8) is 0 Å². The average molecular weight is 442 g/mol. The molecule has 0 amide bonds. The predicted molar refractivity (Wildman–Crippen MR) is 132 cm³/mol. The van der Waals surface area contributed by atoms with Crippen molar-refractivity contribution < 1.29 is 9.66 Å². The highest BCUT2D eigenvalue weighted by atomic mass is 16.6. The van der Waals surface area contributed by atoms with Crippen LogP contribution in [0.15, 0.2) is 54.6 Å². The number of hydrogen-bond acceptors (Lipinski definition) is 5. The molecule has 0 radical (unpaired) electrons. The Morgan fingerprint density at radius 3 is 2.73 bits per heavy atom. The van der Waals surface area contributed by atoms with Crippen LogP contribution >= 0.6 is 0 Å². The summed E-state index contributed by atoms with van der Waals surface area (Å²) in [7, 11) is 0. The van der Waals surface area contributed by atoms with E-state index in [1.807, 2.05) is 13.0 Å². The maximum Gasteiger partial charge on any atom is 0.311 e. The third-order valence-electron chi connectivity index (χ3n) is 6.49. The maximum atomic E-state index is 11.8. The highest BCUT2D eigenvalue weighted by molar-refractivity contribution is 6.09.